The van der Waals surface area contributed by atoms with Crippen LogP contribution in [0.5, 0.6) is 5.75 Å². The van der Waals surface area contributed by atoms with Gasteiger partial charge in [-0.15, -0.1) is 0 Å². The molecule has 1 aromatic heterocycles. The molecular weight excluding hydrogens is 332 g/mol. The molecule has 0 amide bonds. The van der Waals surface area contributed by atoms with E-state index in [1.807, 2.05) is 6.07 Å². The lowest BCUT2D eigenvalue weighted by molar-refractivity contribution is 0.0727. The van der Waals surface area contributed by atoms with E-state index in [-0.39, 0.29) is 5.69 Å². The SMILES string of the molecule is Cc1cnc(C(=O)Oc2c(C)cc(Br)cc2Cl)cn1. The minimum Gasteiger partial charge on any atom is -0.420 e. The number of hydrogen-bond donors (Lipinski definition) is 0. The first-order valence-corrected chi connectivity index (χ1v) is 6.61. The maximum atomic E-state index is 11.9. The van der Waals surface area contributed by atoms with Gasteiger partial charge in [-0.2, -0.15) is 0 Å². The van der Waals surface area contributed by atoms with Crippen LogP contribution in [-0.4, -0.2) is 15.9 Å². The van der Waals surface area contributed by atoms with Crippen LogP contribution in [0.25, 0.3) is 0 Å². The van der Waals surface area contributed by atoms with E-state index in [0.29, 0.717) is 10.8 Å². The van der Waals surface area contributed by atoms with Gasteiger partial charge in [-0.25, -0.2) is 9.78 Å². The molecule has 6 heteroatoms. The lowest BCUT2D eigenvalue weighted by Crippen LogP contribution is -2.12. The van der Waals surface area contributed by atoms with Gasteiger partial charge in [0.15, 0.2) is 11.4 Å². The average Bonchev–Trinajstić information content (AvgIpc) is 2.34. The number of nitrogens with zero attached hydrogens (tertiary/aromatic N) is 2. The lowest BCUT2D eigenvalue weighted by atomic mass is 10.2. The van der Waals surface area contributed by atoms with Gasteiger partial charge >= 0.3 is 5.97 Å². The highest BCUT2D eigenvalue weighted by atomic mass is 79.9. The van der Waals surface area contributed by atoms with Gasteiger partial charge in [0, 0.05) is 10.7 Å². The van der Waals surface area contributed by atoms with Gasteiger partial charge in [0.05, 0.1) is 16.9 Å². The number of carbonyl (C=O) groups is 1. The predicted octanol–water partition coefficient (Wildman–Crippen LogP) is 3.73. The number of carbonyl (C=O) groups excluding carboxylic acids is 1. The predicted molar refractivity (Wildman–Crippen MR) is 75.6 cm³/mol. The fraction of sp³-hybridized carbons (Fsp3) is 0.154. The van der Waals surface area contributed by atoms with Gasteiger partial charge in [0.2, 0.25) is 0 Å². The molecule has 1 heterocycles. The summed E-state index contributed by atoms with van der Waals surface area (Å²) in [6, 6.07) is 3.48. The van der Waals surface area contributed by atoms with Crippen molar-refractivity contribution < 1.29 is 9.53 Å². The number of aryl methyl sites for hydroxylation is 2. The highest BCUT2D eigenvalue weighted by molar-refractivity contribution is 9.10. The zero-order valence-electron chi connectivity index (χ0n) is 10.3. The van der Waals surface area contributed by atoms with Crippen molar-refractivity contribution in [1.82, 2.24) is 9.97 Å². The molecule has 0 aliphatic rings. The van der Waals surface area contributed by atoms with Crippen molar-refractivity contribution in [2.24, 2.45) is 0 Å². The molecule has 0 N–H and O–H groups in total. The second-order valence-corrected chi connectivity index (χ2v) is 5.29. The van der Waals surface area contributed by atoms with Crippen LogP contribution in [0, 0.1) is 13.8 Å². The maximum Gasteiger partial charge on any atom is 0.363 e. The quantitative estimate of drug-likeness (QED) is 0.617. The molecule has 4 nitrogen and oxygen atoms in total. The topological polar surface area (TPSA) is 52.1 Å². The number of rotatable bonds is 2. The summed E-state index contributed by atoms with van der Waals surface area (Å²) < 4.78 is 6.09. The van der Waals surface area contributed by atoms with Crippen molar-refractivity contribution in [3.63, 3.8) is 0 Å². The first-order valence-electron chi connectivity index (χ1n) is 5.44. The Balaban J connectivity index is 2.26. The van der Waals surface area contributed by atoms with E-state index in [1.165, 1.54) is 12.4 Å². The summed E-state index contributed by atoms with van der Waals surface area (Å²) >= 11 is 9.37. The van der Waals surface area contributed by atoms with Crippen LogP contribution in [0.15, 0.2) is 29.0 Å². The Morgan fingerprint density at radius 1 is 1.26 bits per heavy atom. The molecule has 0 radical (unpaired) electrons. The molecule has 2 rings (SSSR count). The van der Waals surface area contributed by atoms with Gasteiger partial charge in [-0.1, -0.05) is 27.5 Å². The lowest BCUT2D eigenvalue weighted by Gasteiger charge is -2.09. The minimum absolute atomic E-state index is 0.143. The third kappa shape index (κ3) is 3.30. The van der Waals surface area contributed by atoms with E-state index in [1.54, 1.807) is 19.9 Å². The standard InChI is InChI=1S/C13H10BrClN2O2/c1-7-3-9(14)4-10(15)12(7)19-13(18)11-6-16-8(2)5-17-11/h3-6H,1-2H3. The number of aromatic nitrogens is 2. The van der Waals surface area contributed by atoms with Gasteiger partial charge in [0.25, 0.3) is 0 Å². The second kappa shape index (κ2) is 5.67. The monoisotopic (exact) mass is 340 g/mol. The average molecular weight is 342 g/mol. The van der Waals surface area contributed by atoms with E-state index >= 15 is 0 Å². The maximum absolute atomic E-state index is 11.9. The summed E-state index contributed by atoms with van der Waals surface area (Å²) in [6.07, 6.45) is 2.88. The van der Waals surface area contributed by atoms with Gasteiger partial charge in [-0.05, 0) is 31.5 Å². The van der Waals surface area contributed by atoms with Crippen LogP contribution in [0.2, 0.25) is 5.02 Å². The van der Waals surface area contributed by atoms with E-state index in [0.717, 1.165) is 15.7 Å². The van der Waals surface area contributed by atoms with E-state index in [4.69, 9.17) is 16.3 Å². The van der Waals surface area contributed by atoms with Crippen molar-refractivity contribution in [3.8, 4) is 5.75 Å². The number of halogens is 2. The van der Waals surface area contributed by atoms with Crippen LogP contribution in [-0.2, 0) is 0 Å². The second-order valence-electron chi connectivity index (χ2n) is 3.97. The van der Waals surface area contributed by atoms with Gasteiger partial charge in [-0.3, -0.25) is 4.98 Å². The largest absolute Gasteiger partial charge is 0.420 e. The number of esters is 1. The zero-order valence-corrected chi connectivity index (χ0v) is 12.6. The number of hydrogen-bond acceptors (Lipinski definition) is 4. The molecule has 2 aromatic rings. The highest BCUT2D eigenvalue weighted by Gasteiger charge is 2.15. The summed E-state index contributed by atoms with van der Waals surface area (Å²) in [4.78, 5) is 19.9. The summed E-state index contributed by atoms with van der Waals surface area (Å²) in [6.45, 7) is 3.60. The number of ether oxygens (including phenoxy) is 1. The fourth-order valence-corrected chi connectivity index (χ4v) is 2.47. The van der Waals surface area contributed by atoms with Crippen molar-refractivity contribution in [3.05, 3.63) is 51.0 Å². The van der Waals surface area contributed by atoms with Gasteiger partial charge < -0.3 is 4.74 Å². The van der Waals surface area contributed by atoms with E-state index in [9.17, 15) is 4.79 Å². The third-order valence-electron chi connectivity index (χ3n) is 2.38. The van der Waals surface area contributed by atoms with Crippen LogP contribution < -0.4 is 4.74 Å². The molecule has 0 aliphatic heterocycles. The Labute approximate surface area is 123 Å². The Kier molecular flexibility index (Phi) is 4.17. The molecule has 98 valence electrons. The molecule has 0 bridgehead atoms. The molecule has 0 saturated heterocycles. The van der Waals surface area contributed by atoms with Crippen LogP contribution >= 0.6 is 27.5 Å². The molecule has 0 aliphatic carbocycles. The molecule has 0 saturated carbocycles. The zero-order chi connectivity index (χ0) is 14.0. The Morgan fingerprint density at radius 3 is 2.58 bits per heavy atom. The molecule has 1 aromatic carbocycles. The van der Waals surface area contributed by atoms with Crippen LogP contribution in [0.1, 0.15) is 21.7 Å². The van der Waals surface area contributed by atoms with E-state index < -0.39 is 5.97 Å². The molecule has 0 spiro atoms. The van der Waals surface area contributed by atoms with Crippen molar-refractivity contribution in [1.29, 1.82) is 0 Å². The Bertz CT molecular complexity index is 606. The fourth-order valence-electron chi connectivity index (χ4n) is 1.46. The van der Waals surface area contributed by atoms with Gasteiger partial charge in [0.1, 0.15) is 0 Å². The summed E-state index contributed by atoms with van der Waals surface area (Å²) in [5, 5.41) is 0.361. The smallest absolute Gasteiger partial charge is 0.363 e. The summed E-state index contributed by atoms with van der Waals surface area (Å²) in [5.74, 6) is -0.253. The molecule has 0 atom stereocenters. The summed E-state index contributed by atoms with van der Waals surface area (Å²) in [5.41, 5.74) is 1.63. The molecule has 0 fully saturated rings. The molecule has 0 unspecified atom stereocenters. The number of benzene rings is 1. The minimum atomic E-state index is -0.583. The van der Waals surface area contributed by atoms with Crippen LogP contribution in [0.4, 0.5) is 0 Å². The molecular formula is C13H10BrClN2O2. The van der Waals surface area contributed by atoms with Crippen LogP contribution in [0.3, 0.4) is 0 Å². The summed E-state index contributed by atoms with van der Waals surface area (Å²) in [7, 11) is 0. The molecule has 19 heavy (non-hydrogen) atoms. The van der Waals surface area contributed by atoms with Crippen molar-refractivity contribution in [2.75, 3.05) is 0 Å². The van der Waals surface area contributed by atoms with Crippen molar-refractivity contribution in [2.45, 2.75) is 13.8 Å². The first-order chi connectivity index (χ1) is 8.97. The third-order valence-corrected chi connectivity index (χ3v) is 3.12. The first kappa shape index (κ1) is 14.0. The van der Waals surface area contributed by atoms with Crippen molar-refractivity contribution >= 4 is 33.5 Å². The van der Waals surface area contributed by atoms with E-state index in [2.05, 4.69) is 25.9 Å². The highest BCUT2D eigenvalue weighted by Crippen LogP contribution is 2.32. The Hall–Kier alpha value is -1.46. The Morgan fingerprint density at radius 2 is 2.00 bits per heavy atom. The normalized spacial score (nSPS) is 10.3.